The predicted octanol–water partition coefficient (Wildman–Crippen LogP) is 1.63. The molecule has 2 aliphatic heterocycles. The first kappa shape index (κ1) is 19.6. The fourth-order valence-electron chi connectivity index (χ4n) is 3.13. The first-order chi connectivity index (χ1) is 12.7. The number of nitrogens with zero attached hydrogens (tertiary/aromatic N) is 1. The maximum absolute atomic E-state index is 12.6. The maximum atomic E-state index is 12.6. The molecule has 3 rings (SSSR count). The third-order valence-corrected chi connectivity index (χ3v) is 5.50. The summed E-state index contributed by atoms with van der Waals surface area (Å²) in [4.78, 5) is 14.4. The molecule has 0 spiro atoms. The van der Waals surface area contributed by atoms with E-state index in [-0.39, 0.29) is 6.03 Å². The Morgan fingerprint density at radius 3 is 2.44 bits per heavy atom. The van der Waals surface area contributed by atoms with Crippen LogP contribution in [0, 0.1) is 5.41 Å². The molecule has 7 nitrogen and oxygen atoms in total. The second kappa shape index (κ2) is 7.46. The van der Waals surface area contributed by atoms with Crippen LogP contribution in [-0.2, 0) is 9.31 Å². The number of amides is 2. The van der Waals surface area contributed by atoms with Gasteiger partial charge < -0.3 is 30.3 Å². The summed E-state index contributed by atoms with van der Waals surface area (Å²) in [5.74, 6) is 0. The van der Waals surface area contributed by atoms with Crippen molar-refractivity contribution in [2.24, 2.45) is 0 Å². The molecule has 2 amide bonds. The standard InChI is InChI=1S/C19H27BN4O3/c1-18(2)19(3,4)27-20(26-18)15(12-21)16-13-24(11-10-22-16)17(25)23-14-8-6-5-7-9-14/h5-9,12,21-22H,10-11,13H2,1-4H3,(H,23,25)/p+1. The van der Waals surface area contributed by atoms with Gasteiger partial charge in [0.05, 0.1) is 36.3 Å². The Kier molecular flexibility index (Phi) is 5.42. The molecule has 1 aromatic carbocycles. The molecule has 144 valence electrons. The van der Waals surface area contributed by atoms with Crippen LogP contribution in [0.15, 0.2) is 41.5 Å². The summed E-state index contributed by atoms with van der Waals surface area (Å²) >= 11 is 0. The van der Waals surface area contributed by atoms with Crippen LogP contribution in [0.3, 0.4) is 0 Å². The van der Waals surface area contributed by atoms with Crippen LogP contribution >= 0.6 is 0 Å². The SMILES string of the molecule is CC1(C)OB(C(C=N)=C2CN(C(=O)Nc3ccccc3)CC[NH2+]2)OC1(C)C. The lowest BCUT2D eigenvalue weighted by molar-refractivity contribution is -0.615. The van der Waals surface area contributed by atoms with E-state index in [0.717, 1.165) is 17.9 Å². The predicted molar refractivity (Wildman–Crippen MR) is 106 cm³/mol. The molecule has 0 atom stereocenters. The van der Waals surface area contributed by atoms with Crippen LogP contribution in [-0.4, -0.2) is 55.1 Å². The quantitative estimate of drug-likeness (QED) is 0.557. The largest absolute Gasteiger partial charge is 0.502 e. The van der Waals surface area contributed by atoms with E-state index in [9.17, 15) is 4.79 Å². The van der Waals surface area contributed by atoms with Gasteiger partial charge in [0.2, 0.25) is 0 Å². The Labute approximate surface area is 160 Å². The van der Waals surface area contributed by atoms with Gasteiger partial charge in [-0.05, 0) is 39.8 Å². The molecule has 2 aliphatic rings. The normalized spacial score (nSPS) is 23.1. The highest BCUT2D eigenvalue weighted by molar-refractivity contribution is 6.60. The molecule has 0 unspecified atom stereocenters. The molecule has 1 aromatic rings. The highest BCUT2D eigenvalue weighted by Gasteiger charge is 2.53. The van der Waals surface area contributed by atoms with Crippen molar-refractivity contribution in [3.63, 3.8) is 0 Å². The molecule has 27 heavy (non-hydrogen) atoms. The number of carbonyl (C=O) groups excluding carboxylic acids is 1. The zero-order chi connectivity index (χ0) is 19.7. The summed E-state index contributed by atoms with van der Waals surface area (Å²) < 4.78 is 12.2. The number of benzene rings is 1. The van der Waals surface area contributed by atoms with Crippen molar-refractivity contribution in [2.45, 2.75) is 38.9 Å². The monoisotopic (exact) mass is 371 g/mol. The molecule has 2 saturated heterocycles. The molecule has 0 radical (unpaired) electrons. The number of piperazine rings is 1. The number of quaternary nitrogens is 1. The minimum Gasteiger partial charge on any atom is -0.399 e. The smallest absolute Gasteiger partial charge is 0.399 e. The molecule has 0 saturated carbocycles. The zero-order valence-electron chi connectivity index (χ0n) is 16.4. The molecule has 8 heteroatoms. The lowest BCUT2D eigenvalue weighted by atomic mass is 9.77. The van der Waals surface area contributed by atoms with E-state index in [1.54, 1.807) is 4.90 Å². The number of hydrogen-bond donors (Lipinski definition) is 3. The number of allylic oxidation sites excluding steroid dienone is 1. The fraction of sp³-hybridized carbons (Fsp3) is 0.474. The zero-order valence-corrected chi connectivity index (χ0v) is 16.4. The number of urea groups is 1. The van der Waals surface area contributed by atoms with Gasteiger partial charge in [-0.25, -0.2) is 4.79 Å². The van der Waals surface area contributed by atoms with Gasteiger partial charge in [0.25, 0.3) is 0 Å². The molecule has 0 aromatic heterocycles. The Hall–Kier alpha value is -2.16. The second-order valence-electron chi connectivity index (χ2n) is 7.92. The highest BCUT2D eigenvalue weighted by Crippen LogP contribution is 2.38. The van der Waals surface area contributed by atoms with Gasteiger partial charge in [-0.2, -0.15) is 0 Å². The highest BCUT2D eigenvalue weighted by atomic mass is 16.7. The van der Waals surface area contributed by atoms with Crippen molar-refractivity contribution in [1.82, 2.24) is 4.90 Å². The van der Waals surface area contributed by atoms with Gasteiger partial charge in [-0.3, -0.25) is 0 Å². The van der Waals surface area contributed by atoms with Crippen molar-refractivity contribution in [3.8, 4) is 0 Å². The first-order valence-corrected chi connectivity index (χ1v) is 9.27. The summed E-state index contributed by atoms with van der Waals surface area (Å²) in [5.41, 5.74) is 1.40. The van der Waals surface area contributed by atoms with Gasteiger partial charge in [0.15, 0.2) is 0 Å². The summed E-state index contributed by atoms with van der Waals surface area (Å²) in [6, 6.07) is 9.25. The van der Waals surface area contributed by atoms with Crippen LogP contribution in [0.25, 0.3) is 0 Å². The third-order valence-electron chi connectivity index (χ3n) is 5.50. The first-order valence-electron chi connectivity index (χ1n) is 9.27. The number of hydrogen-bond acceptors (Lipinski definition) is 4. The van der Waals surface area contributed by atoms with Crippen LogP contribution in [0.2, 0.25) is 0 Å². The van der Waals surface area contributed by atoms with E-state index in [2.05, 4.69) is 10.6 Å². The van der Waals surface area contributed by atoms with E-state index in [1.807, 2.05) is 58.0 Å². The Balaban J connectivity index is 1.75. The number of anilines is 1. The lowest BCUT2D eigenvalue weighted by Gasteiger charge is -2.32. The van der Waals surface area contributed by atoms with E-state index in [0.29, 0.717) is 18.6 Å². The molecule has 0 aliphatic carbocycles. The Morgan fingerprint density at radius 1 is 1.22 bits per heavy atom. The number of carbonyl (C=O) groups is 1. The van der Waals surface area contributed by atoms with Crippen LogP contribution in [0.5, 0.6) is 0 Å². The fourth-order valence-corrected chi connectivity index (χ4v) is 3.13. The van der Waals surface area contributed by atoms with Crippen molar-refractivity contribution in [3.05, 3.63) is 41.5 Å². The van der Waals surface area contributed by atoms with Gasteiger partial charge in [0, 0.05) is 11.9 Å². The number of para-hydroxylation sites is 1. The van der Waals surface area contributed by atoms with E-state index in [1.165, 1.54) is 6.21 Å². The van der Waals surface area contributed by atoms with Gasteiger partial charge in [0.1, 0.15) is 5.70 Å². The van der Waals surface area contributed by atoms with Gasteiger partial charge in [-0.15, -0.1) is 0 Å². The average Bonchev–Trinajstić information content (AvgIpc) is 2.84. The van der Waals surface area contributed by atoms with Crippen LogP contribution in [0.1, 0.15) is 27.7 Å². The Bertz CT molecular complexity index is 733. The molecule has 0 bridgehead atoms. The number of nitrogens with two attached hydrogens (primary N) is 1. The van der Waals surface area contributed by atoms with Crippen LogP contribution in [0.4, 0.5) is 10.5 Å². The number of nitrogens with one attached hydrogen (secondary N) is 2. The van der Waals surface area contributed by atoms with Crippen molar-refractivity contribution in [1.29, 1.82) is 5.41 Å². The second-order valence-corrected chi connectivity index (χ2v) is 7.92. The summed E-state index contributed by atoms with van der Waals surface area (Å²) in [5, 5.41) is 12.9. The van der Waals surface area contributed by atoms with Gasteiger partial charge in [-0.1, -0.05) is 18.2 Å². The minimum atomic E-state index is -0.601. The maximum Gasteiger partial charge on any atom is 0.502 e. The minimum absolute atomic E-state index is 0.148. The summed E-state index contributed by atoms with van der Waals surface area (Å²) in [6.45, 7) is 9.75. The topological polar surface area (TPSA) is 91.3 Å². The summed E-state index contributed by atoms with van der Waals surface area (Å²) in [7, 11) is -0.601. The van der Waals surface area contributed by atoms with Crippen LogP contribution < -0.4 is 10.6 Å². The van der Waals surface area contributed by atoms with E-state index < -0.39 is 18.3 Å². The average molecular weight is 371 g/mol. The lowest BCUT2D eigenvalue weighted by Crippen LogP contribution is -2.88. The third kappa shape index (κ3) is 4.07. The van der Waals surface area contributed by atoms with E-state index in [4.69, 9.17) is 14.7 Å². The molecular weight excluding hydrogens is 343 g/mol. The summed E-state index contributed by atoms with van der Waals surface area (Å²) in [6.07, 6.45) is 1.28. The van der Waals surface area contributed by atoms with Crippen molar-refractivity contribution in [2.75, 3.05) is 25.0 Å². The molecular formula is C19H28BN4O3+. The molecule has 2 fully saturated rings. The molecule has 4 N–H and O–H groups in total. The van der Waals surface area contributed by atoms with E-state index >= 15 is 0 Å². The Morgan fingerprint density at radius 2 is 1.85 bits per heavy atom. The van der Waals surface area contributed by atoms with Crippen molar-refractivity contribution < 1.29 is 19.4 Å². The van der Waals surface area contributed by atoms with Gasteiger partial charge >= 0.3 is 13.1 Å². The number of rotatable bonds is 3. The molecule has 2 heterocycles. The van der Waals surface area contributed by atoms with Crippen molar-refractivity contribution >= 4 is 25.1 Å².